The van der Waals surface area contributed by atoms with E-state index >= 15 is 0 Å². The zero-order chi connectivity index (χ0) is 14.1. The second-order valence-corrected chi connectivity index (χ2v) is 4.69. The van der Waals surface area contributed by atoms with E-state index < -0.39 is 11.6 Å². The molecule has 1 saturated heterocycles. The highest BCUT2D eigenvalue weighted by molar-refractivity contribution is 6.05. The third-order valence-corrected chi connectivity index (χ3v) is 3.39. The first-order chi connectivity index (χ1) is 9.66. The molecule has 0 aliphatic carbocycles. The molecule has 0 atom stereocenters. The molecule has 1 aliphatic rings. The summed E-state index contributed by atoms with van der Waals surface area (Å²) in [5, 5.41) is 3.56. The van der Waals surface area contributed by atoms with Crippen LogP contribution in [0.3, 0.4) is 0 Å². The van der Waals surface area contributed by atoms with Gasteiger partial charge in [-0.05, 0) is 17.5 Å². The van der Waals surface area contributed by atoms with Gasteiger partial charge in [-0.1, -0.05) is 0 Å². The van der Waals surface area contributed by atoms with Gasteiger partial charge in [0.15, 0.2) is 0 Å². The highest BCUT2D eigenvalue weighted by atomic mass is 19.1. The molecule has 0 radical (unpaired) electrons. The molecule has 3 rings (SSSR count). The highest BCUT2D eigenvalue weighted by Crippen LogP contribution is 2.23. The Balaban J connectivity index is 2.09. The number of hydrogen-bond donors (Lipinski definition) is 1. The Morgan fingerprint density at radius 2 is 2.00 bits per heavy atom. The number of carbonyl (C=O) groups excluding carboxylic acids is 1. The molecule has 1 aliphatic heterocycles. The zero-order valence-electron chi connectivity index (χ0n) is 10.7. The van der Waals surface area contributed by atoms with E-state index in [1.807, 2.05) is 0 Å². The normalized spacial score (nSPS) is 15.6. The van der Waals surface area contributed by atoms with Crippen LogP contribution in [-0.4, -0.2) is 42.0 Å². The smallest absolute Gasteiger partial charge is 0.273 e. The fraction of sp³-hybridized carbons (Fsp3) is 0.286. The molecular formula is C14H13F2N3O. The predicted octanol–water partition coefficient (Wildman–Crippen LogP) is 1.56. The maximum Gasteiger partial charge on any atom is 0.273 e. The molecule has 1 fully saturated rings. The maximum atomic E-state index is 14.0. The number of carbonyl (C=O) groups is 1. The van der Waals surface area contributed by atoms with Crippen molar-refractivity contribution >= 4 is 16.7 Å². The van der Waals surface area contributed by atoms with E-state index in [9.17, 15) is 13.6 Å². The van der Waals surface area contributed by atoms with Gasteiger partial charge in [0, 0.05) is 43.8 Å². The Kier molecular flexibility index (Phi) is 3.31. The van der Waals surface area contributed by atoms with Gasteiger partial charge in [-0.15, -0.1) is 0 Å². The minimum absolute atomic E-state index is 0.0434. The van der Waals surface area contributed by atoms with Gasteiger partial charge in [-0.25, -0.2) is 8.78 Å². The predicted molar refractivity (Wildman–Crippen MR) is 70.4 cm³/mol. The summed E-state index contributed by atoms with van der Waals surface area (Å²) in [5.41, 5.74) is 0.0434. The van der Waals surface area contributed by atoms with Gasteiger partial charge in [0.1, 0.15) is 17.3 Å². The average molecular weight is 277 g/mol. The van der Waals surface area contributed by atoms with Crippen molar-refractivity contribution < 1.29 is 13.6 Å². The summed E-state index contributed by atoms with van der Waals surface area (Å²) in [7, 11) is 0. The van der Waals surface area contributed by atoms with Crippen LogP contribution in [0.2, 0.25) is 0 Å². The average Bonchev–Trinajstić information content (AvgIpc) is 2.46. The molecule has 1 amide bonds. The quantitative estimate of drug-likeness (QED) is 0.860. The first-order valence-corrected chi connectivity index (χ1v) is 6.40. The molecule has 104 valence electrons. The molecule has 1 aromatic carbocycles. The van der Waals surface area contributed by atoms with Gasteiger partial charge < -0.3 is 10.2 Å². The van der Waals surface area contributed by atoms with Crippen LogP contribution in [0.25, 0.3) is 10.8 Å². The Hall–Kier alpha value is -2.08. The molecule has 0 bridgehead atoms. The van der Waals surface area contributed by atoms with Crippen molar-refractivity contribution in [3.05, 3.63) is 41.7 Å². The number of hydrogen-bond acceptors (Lipinski definition) is 3. The number of pyridine rings is 1. The van der Waals surface area contributed by atoms with Crippen molar-refractivity contribution in [1.82, 2.24) is 15.2 Å². The van der Waals surface area contributed by atoms with Gasteiger partial charge in [-0.3, -0.25) is 9.78 Å². The number of nitrogens with zero attached hydrogens (tertiary/aromatic N) is 2. The van der Waals surface area contributed by atoms with E-state index in [4.69, 9.17) is 0 Å². The third-order valence-electron chi connectivity index (χ3n) is 3.39. The lowest BCUT2D eigenvalue weighted by Crippen LogP contribution is -2.46. The maximum absolute atomic E-state index is 14.0. The molecule has 0 saturated carbocycles. The summed E-state index contributed by atoms with van der Waals surface area (Å²) < 4.78 is 27.2. The molecule has 4 nitrogen and oxygen atoms in total. The van der Waals surface area contributed by atoms with E-state index in [1.165, 1.54) is 18.3 Å². The Bertz CT molecular complexity index is 669. The third kappa shape index (κ3) is 2.22. The number of rotatable bonds is 1. The van der Waals surface area contributed by atoms with Crippen molar-refractivity contribution in [2.75, 3.05) is 26.2 Å². The summed E-state index contributed by atoms with van der Waals surface area (Å²) in [6.07, 6.45) is 1.40. The topological polar surface area (TPSA) is 45.2 Å². The number of fused-ring (bicyclic) bond motifs is 1. The van der Waals surface area contributed by atoms with Crippen LogP contribution in [0.5, 0.6) is 0 Å². The van der Waals surface area contributed by atoms with Crippen molar-refractivity contribution in [1.29, 1.82) is 0 Å². The standard InChI is InChI=1S/C14H13F2N3O/c15-10-7-9-1-2-18-13(12(9)11(16)8-10)14(20)19-5-3-17-4-6-19/h1-2,7-8,17H,3-6H2. The second kappa shape index (κ2) is 5.13. The lowest BCUT2D eigenvalue weighted by atomic mass is 10.1. The summed E-state index contributed by atoms with van der Waals surface area (Å²) in [5.74, 6) is -1.74. The van der Waals surface area contributed by atoms with E-state index in [-0.39, 0.29) is 17.0 Å². The summed E-state index contributed by atoms with van der Waals surface area (Å²) in [4.78, 5) is 18.1. The van der Waals surface area contributed by atoms with Crippen LogP contribution in [0.1, 0.15) is 10.5 Å². The van der Waals surface area contributed by atoms with E-state index in [2.05, 4.69) is 10.3 Å². The summed E-state index contributed by atoms with van der Waals surface area (Å²) in [6, 6.07) is 3.48. The minimum atomic E-state index is -0.758. The van der Waals surface area contributed by atoms with Crippen molar-refractivity contribution in [2.24, 2.45) is 0 Å². The van der Waals surface area contributed by atoms with E-state index in [1.54, 1.807) is 4.90 Å². The lowest BCUT2D eigenvalue weighted by molar-refractivity contribution is 0.0732. The molecule has 0 spiro atoms. The molecule has 1 N–H and O–H groups in total. The fourth-order valence-electron chi connectivity index (χ4n) is 2.41. The van der Waals surface area contributed by atoms with Crippen LogP contribution >= 0.6 is 0 Å². The van der Waals surface area contributed by atoms with Crippen molar-refractivity contribution in [3.63, 3.8) is 0 Å². The van der Waals surface area contributed by atoms with Crippen LogP contribution in [0.15, 0.2) is 24.4 Å². The number of piperazine rings is 1. The van der Waals surface area contributed by atoms with Gasteiger partial charge in [0.2, 0.25) is 0 Å². The van der Waals surface area contributed by atoms with Crippen molar-refractivity contribution in [2.45, 2.75) is 0 Å². The summed E-state index contributed by atoms with van der Waals surface area (Å²) >= 11 is 0. The van der Waals surface area contributed by atoms with Crippen LogP contribution in [0, 0.1) is 11.6 Å². The van der Waals surface area contributed by atoms with Crippen molar-refractivity contribution in [3.8, 4) is 0 Å². The molecular weight excluding hydrogens is 264 g/mol. The highest BCUT2D eigenvalue weighted by Gasteiger charge is 2.22. The minimum Gasteiger partial charge on any atom is -0.335 e. The SMILES string of the molecule is O=C(c1nccc2cc(F)cc(F)c12)N1CCNCC1. The van der Waals surface area contributed by atoms with Crippen LogP contribution < -0.4 is 5.32 Å². The van der Waals surface area contributed by atoms with Gasteiger partial charge in [-0.2, -0.15) is 0 Å². The first kappa shape index (κ1) is 12.9. The van der Waals surface area contributed by atoms with Gasteiger partial charge >= 0.3 is 0 Å². The van der Waals surface area contributed by atoms with E-state index in [0.717, 1.165) is 6.07 Å². The Morgan fingerprint density at radius 3 is 2.75 bits per heavy atom. The molecule has 20 heavy (non-hydrogen) atoms. The molecule has 6 heteroatoms. The Labute approximate surface area is 114 Å². The number of benzene rings is 1. The number of halogens is 2. The number of amides is 1. The zero-order valence-corrected chi connectivity index (χ0v) is 10.7. The largest absolute Gasteiger partial charge is 0.335 e. The molecule has 1 aromatic heterocycles. The molecule has 0 unspecified atom stereocenters. The Morgan fingerprint density at radius 1 is 1.25 bits per heavy atom. The first-order valence-electron chi connectivity index (χ1n) is 6.40. The van der Waals surface area contributed by atoms with Crippen LogP contribution in [-0.2, 0) is 0 Å². The second-order valence-electron chi connectivity index (χ2n) is 4.69. The molecule has 2 aromatic rings. The lowest BCUT2D eigenvalue weighted by Gasteiger charge is -2.27. The van der Waals surface area contributed by atoms with Gasteiger partial charge in [0.05, 0.1) is 0 Å². The molecule has 2 heterocycles. The number of aromatic nitrogens is 1. The fourth-order valence-corrected chi connectivity index (χ4v) is 2.41. The van der Waals surface area contributed by atoms with Crippen LogP contribution in [0.4, 0.5) is 8.78 Å². The van der Waals surface area contributed by atoms with E-state index in [0.29, 0.717) is 31.6 Å². The van der Waals surface area contributed by atoms with Gasteiger partial charge in [0.25, 0.3) is 5.91 Å². The number of nitrogens with one attached hydrogen (secondary N) is 1. The summed E-state index contributed by atoms with van der Waals surface area (Å²) in [6.45, 7) is 2.51. The monoisotopic (exact) mass is 277 g/mol.